The molecular weight excluding hydrogens is 251 g/mol. The van der Waals surface area contributed by atoms with E-state index in [1.165, 1.54) is 21.2 Å². The maximum absolute atomic E-state index is 5.40. The predicted octanol–water partition coefficient (Wildman–Crippen LogP) is 2.55. The van der Waals surface area contributed by atoms with Gasteiger partial charge in [-0.1, -0.05) is 0 Å². The summed E-state index contributed by atoms with van der Waals surface area (Å²) in [5.74, 6) is 1.03. The predicted molar refractivity (Wildman–Crippen MR) is 67.6 cm³/mol. The summed E-state index contributed by atoms with van der Waals surface area (Å²) < 4.78 is 6.87. The van der Waals surface area contributed by atoms with Crippen LogP contribution >= 0.6 is 0 Å². The molecule has 0 heterocycles. The van der Waals surface area contributed by atoms with Crippen LogP contribution in [0.2, 0.25) is 5.32 Å². The van der Waals surface area contributed by atoms with Gasteiger partial charge in [0.05, 0.1) is 0 Å². The summed E-state index contributed by atoms with van der Waals surface area (Å²) in [6.45, 7) is 10.2. The van der Waals surface area contributed by atoms with Crippen LogP contribution in [0.4, 0.5) is 0 Å². The van der Waals surface area contributed by atoms with Crippen LogP contribution in [0.5, 0.6) is 5.75 Å². The molecule has 0 aliphatic carbocycles. The van der Waals surface area contributed by atoms with Crippen LogP contribution in [0.1, 0.15) is 16.7 Å². The first kappa shape index (κ1) is 12.3. The van der Waals surface area contributed by atoms with Gasteiger partial charge in [-0.2, -0.15) is 0 Å². The molecule has 0 spiro atoms. The molecule has 0 unspecified atom stereocenters. The van der Waals surface area contributed by atoms with E-state index < -0.39 is 0 Å². The van der Waals surface area contributed by atoms with Crippen LogP contribution < -0.4 is 9.20 Å². The van der Waals surface area contributed by atoms with Crippen LogP contribution in [0.3, 0.4) is 0 Å². The Hall–Kier alpha value is -0.721. The molecule has 0 amide bonds. The van der Waals surface area contributed by atoms with Crippen molar-refractivity contribution < 1.29 is 4.74 Å². The standard InChI is InChI=1S/C13H18OSe/c1-6-7-15-12-8-9(2)13(14-5)11(4)10(12)3/h6,8H,1,7H2,2-5H3. The molecule has 1 nitrogen and oxygen atoms in total. The molecule has 2 heteroatoms. The average Bonchev–Trinajstić information content (AvgIpc) is 2.22. The Bertz CT molecular complexity index is 369. The molecule has 1 rings (SSSR count). The van der Waals surface area contributed by atoms with E-state index >= 15 is 0 Å². The Morgan fingerprint density at radius 2 is 2.00 bits per heavy atom. The third-order valence-electron chi connectivity index (χ3n) is 2.54. The number of hydrogen-bond acceptors (Lipinski definition) is 1. The molecule has 0 saturated carbocycles. The van der Waals surface area contributed by atoms with Crippen molar-refractivity contribution in [2.75, 3.05) is 7.11 Å². The van der Waals surface area contributed by atoms with E-state index in [1.54, 1.807) is 7.11 Å². The van der Waals surface area contributed by atoms with Crippen LogP contribution in [-0.4, -0.2) is 22.1 Å². The van der Waals surface area contributed by atoms with Gasteiger partial charge in [0.25, 0.3) is 0 Å². The molecule has 0 radical (unpaired) electrons. The first-order valence-corrected chi connectivity index (χ1v) is 7.07. The zero-order valence-corrected chi connectivity index (χ0v) is 11.6. The van der Waals surface area contributed by atoms with Crippen molar-refractivity contribution in [1.82, 2.24) is 0 Å². The molecule has 0 bridgehead atoms. The van der Waals surface area contributed by atoms with Gasteiger partial charge < -0.3 is 0 Å². The second kappa shape index (κ2) is 5.39. The fraction of sp³-hybridized carbons (Fsp3) is 0.385. The number of hydrogen-bond donors (Lipinski definition) is 0. The van der Waals surface area contributed by atoms with Gasteiger partial charge in [-0.05, 0) is 0 Å². The van der Waals surface area contributed by atoms with Gasteiger partial charge in [-0.15, -0.1) is 0 Å². The van der Waals surface area contributed by atoms with Crippen LogP contribution in [0.15, 0.2) is 18.7 Å². The quantitative estimate of drug-likeness (QED) is 0.603. The van der Waals surface area contributed by atoms with E-state index in [-0.39, 0.29) is 0 Å². The third kappa shape index (κ3) is 2.64. The van der Waals surface area contributed by atoms with Crippen LogP contribution in [-0.2, 0) is 0 Å². The van der Waals surface area contributed by atoms with Gasteiger partial charge in [0.15, 0.2) is 0 Å². The number of rotatable bonds is 4. The summed E-state index contributed by atoms with van der Waals surface area (Å²) in [5, 5.41) is 1.10. The maximum atomic E-state index is 5.40. The van der Waals surface area contributed by atoms with E-state index in [2.05, 4.69) is 33.4 Å². The van der Waals surface area contributed by atoms with E-state index in [0.29, 0.717) is 15.0 Å². The first-order chi connectivity index (χ1) is 7.11. The van der Waals surface area contributed by atoms with Crippen molar-refractivity contribution in [2.24, 2.45) is 0 Å². The second-order valence-corrected chi connectivity index (χ2v) is 5.80. The van der Waals surface area contributed by atoms with Gasteiger partial charge in [0.2, 0.25) is 0 Å². The monoisotopic (exact) mass is 270 g/mol. The minimum atomic E-state index is 0.508. The van der Waals surface area contributed by atoms with Gasteiger partial charge in [0, 0.05) is 0 Å². The van der Waals surface area contributed by atoms with Crippen LogP contribution in [0.25, 0.3) is 0 Å². The normalized spacial score (nSPS) is 10.1. The molecular formula is C13H18OSe. The summed E-state index contributed by atoms with van der Waals surface area (Å²) in [6.07, 6.45) is 1.99. The van der Waals surface area contributed by atoms with E-state index in [4.69, 9.17) is 4.74 Å². The van der Waals surface area contributed by atoms with Crippen molar-refractivity contribution in [3.05, 3.63) is 35.4 Å². The van der Waals surface area contributed by atoms with Gasteiger partial charge in [0.1, 0.15) is 0 Å². The third-order valence-corrected chi connectivity index (χ3v) is 4.93. The molecule has 15 heavy (non-hydrogen) atoms. The van der Waals surface area contributed by atoms with Crippen molar-refractivity contribution in [2.45, 2.75) is 26.1 Å². The number of aryl methyl sites for hydroxylation is 1. The van der Waals surface area contributed by atoms with E-state index in [0.717, 1.165) is 11.1 Å². The topological polar surface area (TPSA) is 9.23 Å². The zero-order chi connectivity index (χ0) is 11.4. The summed E-state index contributed by atoms with van der Waals surface area (Å²) in [6, 6.07) is 2.25. The molecule has 1 aromatic rings. The Morgan fingerprint density at radius 3 is 2.53 bits per heavy atom. The fourth-order valence-corrected chi connectivity index (χ4v) is 3.58. The molecule has 0 saturated heterocycles. The molecule has 82 valence electrons. The molecule has 0 aliphatic heterocycles. The summed E-state index contributed by atoms with van der Waals surface area (Å²) >= 11 is 0.508. The number of allylic oxidation sites excluding steroid dienone is 1. The average molecular weight is 269 g/mol. The molecule has 0 atom stereocenters. The SMILES string of the molecule is C=CC[Se]c1cc(C)c(OC)c(C)c1C. The summed E-state index contributed by atoms with van der Waals surface area (Å²) in [7, 11) is 1.74. The Kier molecular flexibility index (Phi) is 4.44. The van der Waals surface area contributed by atoms with E-state index in [1.807, 2.05) is 6.08 Å². The molecule has 0 aromatic heterocycles. The second-order valence-electron chi connectivity index (χ2n) is 3.57. The van der Waals surface area contributed by atoms with Gasteiger partial charge in [-0.3, -0.25) is 0 Å². The van der Waals surface area contributed by atoms with Crippen molar-refractivity contribution in [3.8, 4) is 5.75 Å². The first-order valence-electron chi connectivity index (χ1n) is 5.00. The number of ether oxygens (including phenoxy) is 1. The fourth-order valence-electron chi connectivity index (χ4n) is 1.63. The van der Waals surface area contributed by atoms with Crippen LogP contribution in [0, 0.1) is 20.8 Å². The van der Waals surface area contributed by atoms with E-state index in [9.17, 15) is 0 Å². The number of methoxy groups -OCH3 is 1. The van der Waals surface area contributed by atoms with Crippen molar-refractivity contribution >= 4 is 19.4 Å². The molecule has 1 aromatic carbocycles. The van der Waals surface area contributed by atoms with Gasteiger partial charge in [-0.25, -0.2) is 0 Å². The zero-order valence-electron chi connectivity index (χ0n) is 9.89. The molecule has 0 fully saturated rings. The Labute approximate surface area is 98.7 Å². The van der Waals surface area contributed by atoms with Gasteiger partial charge >= 0.3 is 98.5 Å². The van der Waals surface area contributed by atoms with Crippen molar-refractivity contribution in [3.63, 3.8) is 0 Å². The number of benzene rings is 1. The molecule has 0 N–H and O–H groups in total. The Balaban J connectivity index is 3.15. The minimum absolute atomic E-state index is 0.508. The Morgan fingerprint density at radius 1 is 1.33 bits per heavy atom. The molecule has 0 aliphatic rings. The van der Waals surface area contributed by atoms with Crippen molar-refractivity contribution in [1.29, 1.82) is 0 Å². The summed E-state index contributed by atoms with van der Waals surface area (Å²) in [5.41, 5.74) is 3.89. The summed E-state index contributed by atoms with van der Waals surface area (Å²) in [4.78, 5) is 0.